The fraction of sp³-hybridized carbons (Fsp3) is 0.100. The maximum Gasteiger partial charge on any atom is 0.231 e. The molecule has 0 aliphatic carbocycles. The highest BCUT2D eigenvalue weighted by Crippen LogP contribution is 2.32. The number of allylic oxidation sites excluding steroid dienone is 1. The molecule has 136 valence electrons. The summed E-state index contributed by atoms with van der Waals surface area (Å²) in [6.45, 7) is 0.154. The van der Waals surface area contributed by atoms with Crippen LogP contribution in [-0.4, -0.2) is 29.9 Å². The molecule has 1 aliphatic heterocycles. The third-order valence-electron chi connectivity index (χ3n) is 4.12. The summed E-state index contributed by atoms with van der Waals surface area (Å²) >= 11 is 0. The number of ether oxygens (including phenoxy) is 3. The zero-order valence-corrected chi connectivity index (χ0v) is 14.4. The lowest BCUT2D eigenvalue weighted by atomic mass is 10.1. The molecule has 2 aromatic carbocycles. The number of benzene rings is 2. The monoisotopic (exact) mass is 366 g/mol. The number of nitrogens with zero attached hydrogens (tertiary/aromatic N) is 1. The first-order chi connectivity index (χ1) is 13.1. The predicted molar refractivity (Wildman–Crippen MR) is 96.5 cm³/mol. The van der Waals surface area contributed by atoms with Crippen LogP contribution in [0.2, 0.25) is 0 Å². The minimum atomic E-state index is -0.437. The Labute approximate surface area is 154 Å². The lowest BCUT2D eigenvalue weighted by Crippen LogP contribution is -1.94. The van der Waals surface area contributed by atoms with Gasteiger partial charge in [-0.1, -0.05) is 0 Å². The number of hydrogen-bond donors (Lipinski definition) is 1. The summed E-state index contributed by atoms with van der Waals surface area (Å²) < 4.78 is 29.6. The van der Waals surface area contributed by atoms with Crippen molar-refractivity contribution in [2.75, 3.05) is 13.9 Å². The Kier molecular flexibility index (Phi) is 4.33. The maximum absolute atomic E-state index is 14.1. The molecule has 2 heterocycles. The minimum absolute atomic E-state index is 0.154. The molecule has 6 nitrogen and oxygen atoms in total. The number of carbonyl (C=O) groups is 1. The van der Waals surface area contributed by atoms with E-state index in [0.717, 1.165) is 0 Å². The van der Waals surface area contributed by atoms with Gasteiger partial charge in [0.1, 0.15) is 11.6 Å². The van der Waals surface area contributed by atoms with Gasteiger partial charge >= 0.3 is 0 Å². The zero-order chi connectivity index (χ0) is 18.8. The number of methoxy groups -OCH3 is 1. The van der Waals surface area contributed by atoms with Crippen molar-refractivity contribution >= 4 is 11.9 Å². The Balaban J connectivity index is 1.51. The van der Waals surface area contributed by atoms with Gasteiger partial charge in [0.25, 0.3) is 0 Å². The van der Waals surface area contributed by atoms with Gasteiger partial charge in [-0.15, -0.1) is 0 Å². The zero-order valence-electron chi connectivity index (χ0n) is 14.4. The number of nitrogens with one attached hydrogen (secondary N) is 1. The van der Waals surface area contributed by atoms with E-state index < -0.39 is 5.82 Å². The van der Waals surface area contributed by atoms with Gasteiger partial charge in [0, 0.05) is 17.2 Å². The minimum Gasteiger partial charge on any atom is -0.497 e. The van der Waals surface area contributed by atoms with Crippen molar-refractivity contribution in [3.05, 3.63) is 65.6 Å². The van der Waals surface area contributed by atoms with E-state index in [1.165, 1.54) is 19.3 Å². The first kappa shape index (κ1) is 16.8. The van der Waals surface area contributed by atoms with E-state index in [0.29, 0.717) is 39.8 Å². The lowest BCUT2D eigenvalue weighted by molar-refractivity contribution is 0.104. The first-order valence-electron chi connectivity index (χ1n) is 8.15. The molecular weight excluding hydrogens is 351 g/mol. The SMILES string of the molecule is COc1ccc(-c2cc(/C=C/C(=O)c3ccc4c(c3)OCO4)[nH]n2)c(F)c1. The Bertz CT molecular complexity index is 1040. The van der Waals surface area contributed by atoms with Crippen LogP contribution in [-0.2, 0) is 0 Å². The summed E-state index contributed by atoms with van der Waals surface area (Å²) in [6, 6.07) is 11.2. The van der Waals surface area contributed by atoms with Crippen LogP contribution < -0.4 is 14.2 Å². The molecule has 0 spiro atoms. The Hall–Kier alpha value is -3.61. The summed E-state index contributed by atoms with van der Waals surface area (Å²) in [6.07, 6.45) is 3.00. The molecule has 1 N–H and O–H groups in total. The van der Waals surface area contributed by atoms with Gasteiger partial charge in [-0.3, -0.25) is 9.89 Å². The molecule has 0 saturated heterocycles. The molecule has 7 heteroatoms. The van der Waals surface area contributed by atoms with Gasteiger partial charge in [0.15, 0.2) is 17.3 Å². The highest BCUT2D eigenvalue weighted by molar-refractivity contribution is 6.07. The number of aromatic nitrogens is 2. The molecule has 3 aromatic rings. The lowest BCUT2D eigenvalue weighted by Gasteiger charge is -2.02. The highest BCUT2D eigenvalue weighted by atomic mass is 19.1. The molecule has 0 amide bonds. The van der Waals surface area contributed by atoms with E-state index in [-0.39, 0.29) is 12.6 Å². The van der Waals surface area contributed by atoms with E-state index in [1.54, 1.807) is 42.5 Å². The predicted octanol–water partition coefficient (Wildman–Crippen LogP) is 3.85. The Morgan fingerprint density at radius 3 is 2.85 bits per heavy atom. The summed E-state index contributed by atoms with van der Waals surface area (Å²) in [7, 11) is 1.48. The molecule has 0 atom stereocenters. The number of aromatic amines is 1. The molecule has 0 saturated carbocycles. The van der Waals surface area contributed by atoms with Crippen LogP contribution in [0.25, 0.3) is 17.3 Å². The second-order valence-corrected chi connectivity index (χ2v) is 5.82. The van der Waals surface area contributed by atoms with Gasteiger partial charge in [0.05, 0.1) is 18.5 Å². The number of fused-ring (bicyclic) bond motifs is 1. The second-order valence-electron chi connectivity index (χ2n) is 5.82. The normalized spacial score (nSPS) is 12.5. The Morgan fingerprint density at radius 1 is 1.19 bits per heavy atom. The van der Waals surface area contributed by atoms with E-state index in [2.05, 4.69) is 10.2 Å². The smallest absolute Gasteiger partial charge is 0.231 e. The van der Waals surface area contributed by atoms with Crippen LogP contribution in [0.4, 0.5) is 4.39 Å². The number of rotatable bonds is 5. The fourth-order valence-corrected chi connectivity index (χ4v) is 2.70. The molecule has 0 radical (unpaired) electrons. The van der Waals surface area contributed by atoms with E-state index >= 15 is 0 Å². The van der Waals surface area contributed by atoms with Gasteiger partial charge in [-0.2, -0.15) is 5.10 Å². The standard InChI is InChI=1S/C20H15FN2O4/c1-25-14-4-5-15(16(21)10-14)17-9-13(22-23-17)3-6-18(24)12-2-7-19-20(8-12)27-11-26-19/h2-10H,11H2,1H3,(H,22,23)/b6-3+. The number of ketones is 1. The van der Waals surface area contributed by atoms with E-state index in [9.17, 15) is 9.18 Å². The van der Waals surface area contributed by atoms with Crippen LogP contribution >= 0.6 is 0 Å². The van der Waals surface area contributed by atoms with Crippen molar-refractivity contribution in [2.45, 2.75) is 0 Å². The van der Waals surface area contributed by atoms with Crippen molar-refractivity contribution in [1.82, 2.24) is 10.2 Å². The molecule has 0 bridgehead atoms. The van der Waals surface area contributed by atoms with Gasteiger partial charge in [0.2, 0.25) is 6.79 Å². The number of halogens is 1. The van der Waals surface area contributed by atoms with Crippen LogP contribution in [0.1, 0.15) is 16.1 Å². The summed E-state index contributed by atoms with van der Waals surface area (Å²) in [4.78, 5) is 12.3. The van der Waals surface area contributed by atoms with Gasteiger partial charge in [-0.25, -0.2) is 4.39 Å². The number of hydrogen-bond acceptors (Lipinski definition) is 5. The van der Waals surface area contributed by atoms with Crippen molar-refractivity contribution in [1.29, 1.82) is 0 Å². The van der Waals surface area contributed by atoms with Crippen LogP contribution in [0.5, 0.6) is 17.2 Å². The first-order valence-corrected chi connectivity index (χ1v) is 8.15. The largest absolute Gasteiger partial charge is 0.497 e. The molecule has 27 heavy (non-hydrogen) atoms. The third-order valence-corrected chi connectivity index (χ3v) is 4.12. The van der Waals surface area contributed by atoms with Crippen molar-refractivity contribution < 1.29 is 23.4 Å². The highest BCUT2D eigenvalue weighted by Gasteiger charge is 2.15. The summed E-state index contributed by atoms with van der Waals surface area (Å²) in [5, 5.41) is 6.87. The maximum atomic E-state index is 14.1. The van der Waals surface area contributed by atoms with Crippen LogP contribution in [0, 0.1) is 5.82 Å². The van der Waals surface area contributed by atoms with Crippen LogP contribution in [0.15, 0.2) is 48.5 Å². The van der Waals surface area contributed by atoms with E-state index in [4.69, 9.17) is 14.2 Å². The van der Waals surface area contributed by atoms with Crippen LogP contribution in [0.3, 0.4) is 0 Å². The summed E-state index contributed by atoms with van der Waals surface area (Å²) in [5.41, 5.74) is 1.84. The van der Waals surface area contributed by atoms with Gasteiger partial charge < -0.3 is 14.2 Å². The second kappa shape index (κ2) is 6.95. The average Bonchev–Trinajstić information content (AvgIpc) is 3.34. The molecule has 1 aliphatic rings. The Morgan fingerprint density at radius 2 is 2.04 bits per heavy atom. The molecule has 0 unspecified atom stereocenters. The average molecular weight is 366 g/mol. The van der Waals surface area contributed by atoms with Crippen molar-refractivity contribution in [3.8, 4) is 28.5 Å². The van der Waals surface area contributed by atoms with E-state index in [1.807, 2.05) is 0 Å². The van der Waals surface area contributed by atoms with Crippen molar-refractivity contribution in [2.24, 2.45) is 0 Å². The number of carbonyl (C=O) groups excluding carboxylic acids is 1. The molecule has 4 rings (SSSR count). The summed E-state index contributed by atoms with van der Waals surface area (Å²) in [5.74, 6) is 0.970. The van der Waals surface area contributed by atoms with Gasteiger partial charge in [-0.05, 0) is 48.6 Å². The number of H-pyrrole nitrogens is 1. The molecular formula is C20H15FN2O4. The third kappa shape index (κ3) is 3.39. The van der Waals surface area contributed by atoms with Crippen molar-refractivity contribution in [3.63, 3.8) is 0 Å². The quantitative estimate of drug-likeness (QED) is 0.548. The fourth-order valence-electron chi connectivity index (χ4n) is 2.70. The molecule has 0 fully saturated rings. The topological polar surface area (TPSA) is 73.4 Å². The molecule has 1 aromatic heterocycles.